The first-order valence-electron chi connectivity index (χ1n) is 5.12. The topological polar surface area (TPSA) is 35.2 Å². The second kappa shape index (κ2) is 4.42. The zero-order valence-electron chi connectivity index (χ0n) is 9.19. The van der Waals surface area contributed by atoms with E-state index in [0.29, 0.717) is 5.92 Å². The highest BCUT2D eigenvalue weighted by atomic mass is 35.5. The second-order valence-electron chi connectivity index (χ2n) is 4.12. The number of nitrogens with two attached hydrogens (primary N) is 1. The highest BCUT2D eigenvalue weighted by Crippen LogP contribution is 2.51. The molecule has 84 valence electrons. The minimum absolute atomic E-state index is 0. The molecule has 15 heavy (non-hydrogen) atoms. The van der Waals surface area contributed by atoms with Gasteiger partial charge in [-0.15, -0.1) is 12.4 Å². The van der Waals surface area contributed by atoms with Crippen LogP contribution in [0.4, 0.5) is 0 Å². The minimum atomic E-state index is 0. The first kappa shape index (κ1) is 12.3. The standard InChI is InChI=1S/C12H17NO.ClH/c1-3-12(13)8-11(12)9-5-4-6-10(7-9)14-2;/h4-7,11H,3,8,13H2,1-2H3;1H. The molecule has 1 fully saturated rings. The Morgan fingerprint density at radius 3 is 2.80 bits per heavy atom. The molecular formula is C12H18ClNO. The average molecular weight is 228 g/mol. The molecule has 0 bridgehead atoms. The van der Waals surface area contributed by atoms with Crippen molar-refractivity contribution in [3.8, 4) is 5.75 Å². The Bertz CT molecular complexity index is 342. The number of halogens is 1. The first-order valence-corrected chi connectivity index (χ1v) is 5.12. The Balaban J connectivity index is 0.00000112. The molecule has 2 rings (SSSR count). The van der Waals surface area contributed by atoms with E-state index in [2.05, 4.69) is 19.1 Å². The van der Waals surface area contributed by atoms with E-state index >= 15 is 0 Å². The molecule has 3 heteroatoms. The van der Waals surface area contributed by atoms with Crippen molar-refractivity contribution in [1.29, 1.82) is 0 Å². The maximum atomic E-state index is 6.17. The van der Waals surface area contributed by atoms with Gasteiger partial charge in [0.1, 0.15) is 5.75 Å². The van der Waals surface area contributed by atoms with Crippen molar-refractivity contribution in [3.63, 3.8) is 0 Å². The van der Waals surface area contributed by atoms with Crippen LogP contribution in [0, 0.1) is 0 Å². The van der Waals surface area contributed by atoms with Crippen LogP contribution in [0.25, 0.3) is 0 Å². The van der Waals surface area contributed by atoms with Crippen molar-refractivity contribution in [1.82, 2.24) is 0 Å². The van der Waals surface area contributed by atoms with Gasteiger partial charge < -0.3 is 10.5 Å². The van der Waals surface area contributed by atoms with E-state index in [-0.39, 0.29) is 17.9 Å². The third-order valence-electron chi connectivity index (χ3n) is 3.27. The van der Waals surface area contributed by atoms with Crippen LogP contribution in [0.3, 0.4) is 0 Å². The van der Waals surface area contributed by atoms with Gasteiger partial charge in [0.15, 0.2) is 0 Å². The summed E-state index contributed by atoms with van der Waals surface area (Å²) in [7, 11) is 1.70. The van der Waals surface area contributed by atoms with Gasteiger partial charge in [-0.05, 0) is 30.5 Å². The molecule has 2 atom stereocenters. The minimum Gasteiger partial charge on any atom is -0.497 e. The van der Waals surface area contributed by atoms with Crippen molar-refractivity contribution in [2.24, 2.45) is 5.73 Å². The van der Waals surface area contributed by atoms with E-state index in [4.69, 9.17) is 10.5 Å². The van der Waals surface area contributed by atoms with E-state index in [1.807, 2.05) is 12.1 Å². The lowest BCUT2D eigenvalue weighted by Crippen LogP contribution is -2.22. The van der Waals surface area contributed by atoms with Gasteiger partial charge in [0.05, 0.1) is 7.11 Å². The molecule has 0 radical (unpaired) electrons. The van der Waals surface area contributed by atoms with Crippen molar-refractivity contribution < 1.29 is 4.74 Å². The summed E-state index contributed by atoms with van der Waals surface area (Å²) in [5, 5.41) is 0. The fraction of sp³-hybridized carbons (Fsp3) is 0.500. The molecule has 1 aliphatic carbocycles. The molecule has 0 heterocycles. The number of ether oxygens (including phenoxy) is 1. The van der Waals surface area contributed by atoms with E-state index in [1.54, 1.807) is 7.11 Å². The molecule has 1 aromatic carbocycles. The SMILES string of the molecule is CCC1(N)CC1c1cccc(OC)c1.Cl. The molecule has 1 aromatic rings. The third kappa shape index (κ3) is 2.27. The van der Waals surface area contributed by atoms with Gasteiger partial charge >= 0.3 is 0 Å². The molecule has 0 amide bonds. The predicted octanol–water partition coefficient (Wildman–Crippen LogP) is 2.71. The fourth-order valence-electron chi connectivity index (χ4n) is 2.02. The number of rotatable bonds is 3. The van der Waals surface area contributed by atoms with Crippen LogP contribution in [0.1, 0.15) is 31.2 Å². The largest absolute Gasteiger partial charge is 0.497 e. The van der Waals surface area contributed by atoms with Gasteiger partial charge in [-0.3, -0.25) is 0 Å². The molecule has 0 saturated heterocycles. The van der Waals surface area contributed by atoms with Gasteiger partial charge in [-0.2, -0.15) is 0 Å². The lowest BCUT2D eigenvalue weighted by atomic mass is 10.0. The molecule has 0 aromatic heterocycles. The molecular weight excluding hydrogens is 210 g/mol. The van der Waals surface area contributed by atoms with Gasteiger partial charge in [0.2, 0.25) is 0 Å². The summed E-state index contributed by atoms with van der Waals surface area (Å²) in [6.07, 6.45) is 2.16. The molecule has 1 saturated carbocycles. The third-order valence-corrected chi connectivity index (χ3v) is 3.27. The molecule has 0 aliphatic heterocycles. The van der Waals surface area contributed by atoms with Crippen molar-refractivity contribution in [2.75, 3.05) is 7.11 Å². The summed E-state index contributed by atoms with van der Waals surface area (Å²) in [6.45, 7) is 2.15. The van der Waals surface area contributed by atoms with Gasteiger partial charge in [-0.1, -0.05) is 19.1 Å². The van der Waals surface area contributed by atoms with E-state index in [9.17, 15) is 0 Å². The number of hydrogen-bond donors (Lipinski definition) is 1. The van der Waals surface area contributed by atoms with E-state index in [0.717, 1.165) is 18.6 Å². The van der Waals surface area contributed by atoms with Crippen molar-refractivity contribution in [2.45, 2.75) is 31.2 Å². The summed E-state index contributed by atoms with van der Waals surface area (Å²) in [6, 6.07) is 8.23. The Morgan fingerprint density at radius 1 is 1.53 bits per heavy atom. The molecule has 2 nitrogen and oxygen atoms in total. The predicted molar refractivity (Wildman–Crippen MR) is 64.8 cm³/mol. The Morgan fingerprint density at radius 2 is 2.27 bits per heavy atom. The van der Waals surface area contributed by atoms with Crippen LogP contribution < -0.4 is 10.5 Å². The Labute approximate surface area is 97.2 Å². The molecule has 1 aliphatic rings. The summed E-state index contributed by atoms with van der Waals surface area (Å²) >= 11 is 0. The second-order valence-corrected chi connectivity index (χ2v) is 4.12. The zero-order chi connectivity index (χ0) is 10.2. The first-order chi connectivity index (χ1) is 6.69. The summed E-state index contributed by atoms with van der Waals surface area (Å²) in [5.41, 5.74) is 7.53. The fourth-order valence-corrected chi connectivity index (χ4v) is 2.02. The Kier molecular flexibility index (Phi) is 3.63. The quantitative estimate of drug-likeness (QED) is 0.862. The van der Waals surface area contributed by atoms with Crippen molar-refractivity contribution >= 4 is 12.4 Å². The van der Waals surface area contributed by atoms with Gasteiger partial charge in [-0.25, -0.2) is 0 Å². The summed E-state index contributed by atoms with van der Waals surface area (Å²) < 4.78 is 5.19. The number of benzene rings is 1. The maximum Gasteiger partial charge on any atom is 0.119 e. The van der Waals surface area contributed by atoms with Crippen LogP contribution in [-0.4, -0.2) is 12.6 Å². The summed E-state index contributed by atoms with van der Waals surface area (Å²) in [5.74, 6) is 1.45. The number of hydrogen-bond acceptors (Lipinski definition) is 2. The zero-order valence-corrected chi connectivity index (χ0v) is 10.0. The highest BCUT2D eigenvalue weighted by molar-refractivity contribution is 5.85. The lowest BCUT2D eigenvalue weighted by Gasteiger charge is -2.08. The van der Waals surface area contributed by atoms with Crippen molar-refractivity contribution in [3.05, 3.63) is 29.8 Å². The highest BCUT2D eigenvalue weighted by Gasteiger charge is 2.49. The van der Waals surface area contributed by atoms with Crippen LogP contribution >= 0.6 is 12.4 Å². The number of methoxy groups -OCH3 is 1. The van der Waals surface area contributed by atoms with Gasteiger partial charge in [0.25, 0.3) is 0 Å². The normalized spacial score (nSPS) is 28.1. The monoisotopic (exact) mass is 227 g/mol. The smallest absolute Gasteiger partial charge is 0.119 e. The van der Waals surface area contributed by atoms with E-state index < -0.39 is 0 Å². The Hall–Kier alpha value is -0.730. The molecule has 2 N–H and O–H groups in total. The van der Waals surface area contributed by atoms with Crippen LogP contribution in [0.2, 0.25) is 0 Å². The summed E-state index contributed by atoms with van der Waals surface area (Å²) in [4.78, 5) is 0. The average Bonchev–Trinajstić information content (AvgIpc) is 2.92. The van der Waals surface area contributed by atoms with E-state index in [1.165, 1.54) is 5.56 Å². The van der Waals surface area contributed by atoms with Crippen LogP contribution in [0.15, 0.2) is 24.3 Å². The lowest BCUT2D eigenvalue weighted by molar-refractivity contribution is 0.414. The maximum absolute atomic E-state index is 6.17. The molecule has 0 spiro atoms. The van der Waals surface area contributed by atoms with Gasteiger partial charge in [0, 0.05) is 11.5 Å². The van der Waals surface area contributed by atoms with Crippen LogP contribution in [0.5, 0.6) is 5.75 Å². The van der Waals surface area contributed by atoms with Crippen LogP contribution in [-0.2, 0) is 0 Å². The molecule has 2 unspecified atom stereocenters.